The fraction of sp³-hybridized carbons (Fsp3) is 0.500. The summed E-state index contributed by atoms with van der Waals surface area (Å²) in [6.07, 6.45) is 5.37. The lowest BCUT2D eigenvalue weighted by molar-refractivity contribution is -0.0826. The number of anilines is 4. The van der Waals surface area contributed by atoms with Crippen LogP contribution in [-0.2, 0) is 4.74 Å². The number of fused-ring (bicyclic) bond motifs is 1. The molecule has 2 aromatic heterocycles. The number of nitrogens with two attached hydrogens (primary N) is 2. The summed E-state index contributed by atoms with van der Waals surface area (Å²) in [5.41, 5.74) is 15.3. The molecule has 45 heavy (non-hydrogen) atoms. The van der Waals surface area contributed by atoms with Crippen LogP contribution in [0, 0.1) is 17.7 Å². The number of benzene rings is 1. The molecule has 0 radical (unpaired) electrons. The molecule has 0 spiro atoms. The summed E-state index contributed by atoms with van der Waals surface area (Å²) in [6.45, 7) is 15.5. The van der Waals surface area contributed by atoms with Crippen LogP contribution >= 0.6 is 0 Å². The van der Waals surface area contributed by atoms with Gasteiger partial charge in [-0.25, -0.2) is 15.0 Å². The van der Waals surface area contributed by atoms with E-state index >= 15 is 0 Å². The number of aromatic nitrogens is 4. The van der Waals surface area contributed by atoms with Gasteiger partial charge in [0.1, 0.15) is 23.2 Å². The molecular weight excluding hydrogens is 570 g/mol. The lowest BCUT2D eigenvalue weighted by Gasteiger charge is -2.43. The van der Waals surface area contributed by atoms with Gasteiger partial charge >= 0.3 is 0 Å². The van der Waals surface area contributed by atoms with Gasteiger partial charge in [-0.2, -0.15) is 4.98 Å². The van der Waals surface area contributed by atoms with Crippen molar-refractivity contribution in [2.24, 2.45) is 11.1 Å². The Bertz CT molecular complexity index is 1600. The highest BCUT2D eigenvalue weighted by Crippen LogP contribution is 2.30. The molecular formula is C32H45N11O2. The third kappa shape index (κ3) is 7.48. The Hall–Kier alpha value is -4.36. The Morgan fingerprint density at radius 1 is 1.09 bits per heavy atom. The molecule has 0 bridgehead atoms. The van der Waals surface area contributed by atoms with E-state index in [0.29, 0.717) is 45.8 Å². The number of carbonyl (C=O) groups is 1. The van der Waals surface area contributed by atoms with Crippen molar-refractivity contribution in [1.82, 2.24) is 30.2 Å². The zero-order valence-corrected chi connectivity index (χ0v) is 27.0. The molecule has 3 aromatic rings. The Labute approximate surface area is 264 Å². The Morgan fingerprint density at radius 2 is 1.78 bits per heavy atom. The van der Waals surface area contributed by atoms with E-state index in [9.17, 15) is 4.79 Å². The predicted molar refractivity (Wildman–Crippen MR) is 178 cm³/mol. The SMILES string of the molecule is Cc1ccc(C(=O)N/C(N)=C/C(=N)C(C)(C)C)cc1Nc1ncnc2c(N)nc(N3CCC(N4CC(C)OC(C)C4)CC3)nc12. The first-order chi connectivity index (χ1) is 21.3. The summed E-state index contributed by atoms with van der Waals surface area (Å²) >= 11 is 0. The molecule has 5 rings (SSSR count). The Balaban J connectivity index is 1.34. The van der Waals surface area contributed by atoms with Crippen molar-refractivity contribution in [2.45, 2.75) is 72.6 Å². The fourth-order valence-corrected chi connectivity index (χ4v) is 5.77. The highest BCUT2D eigenvalue weighted by Gasteiger charge is 2.31. The number of carbonyl (C=O) groups excluding carboxylic acids is 1. The number of nitrogens with one attached hydrogen (secondary N) is 3. The average Bonchev–Trinajstić information content (AvgIpc) is 2.97. The number of nitrogen functional groups attached to an aromatic ring is 1. The molecule has 7 N–H and O–H groups in total. The van der Waals surface area contributed by atoms with Gasteiger partial charge in [0.15, 0.2) is 11.6 Å². The summed E-state index contributed by atoms with van der Waals surface area (Å²) in [4.78, 5) is 36.1. The van der Waals surface area contributed by atoms with Crippen LogP contribution < -0.4 is 27.0 Å². The van der Waals surface area contributed by atoms with Crippen LogP contribution in [0.3, 0.4) is 0 Å². The molecule has 2 unspecified atom stereocenters. The molecule has 1 aromatic carbocycles. The minimum atomic E-state index is -0.390. The molecule has 13 heteroatoms. The van der Waals surface area contributed by atoms with E-state index in [1.165, 1.54) is 12.4 Å². The first-order valence-electron chi connectivity index (χ1n) is 15.5. The normalized spacial score (nSPS) is 20.3. The largest absolute Gasteiger partial charge is 0.385 e. The van der Waals surface area contributed by atoms with E-state index in [1.807, 2.05) is 33.8 Å². The van der Waals surface area contributed by atoms with Gasteiger partial charge in [-0.1, -0.05) is 26.8 Å². The quantitative estimate of drug-likeness (QED) is 0.244. The molecule has 2 saturated heterocycles. The van der Waals surface area contributed by atoms with Gasteiger partial charge < -0.3 is 37.1 Å². The average molecular weight is 616 g/mol. The minimum absolute atomic E-state index is 0.106. The molecule has 2 atom stereocenters. The second-order valence-corrected chi connectivity index (χ2v) is 13.1. The van der Waals surface area contributed by atoms with Gasteiger partial charge in [0, 0.05) is 54.6 Å². The van der Waals surface area contributed by atoms with Gasteiger partial charge in [-0.05, 0) is 57.4 Å². The van der Waals surface area contributed by atoms with Crippen LogP contribution in [0.2, 0.25) is 0 Å². The van der Waals surface area contributed by atoms with Crippen molar-refractivity contribution < 1.29 is 9.53 Å². The summed E-state index contributed by atoms with van der Waals surface area (Å²) in [6, 6.07) is 5.78. The van der Waals surface area contributed by atoms with Crippen LogP contribution in [0.1, 0.15) is 63.4 Å². The number of morpholine rings is 1. The highest BCUT2D eigenvalue weighted by atomic mass is 16.5. The van der Waals surface area contributed by atoms with E-state index in [1.54, 1.807) is 12.1 Å². The standard InChI is InChI=1S/C32H45N11O2/c1-18-7-8-21(30(44)39-25(34)14-24(33)32(4,5)6)13-23(18)38-29-27-26(36-17-37-29)28(35)41-31(40-27)42-11-9-22(10-12-42)43-15-19(2)45-20(3)16-43/h7-8,13-14,17,19-20,22,33H,9-12,15-16,34H2,1-6H3,(H,39,44)(H2,35,40,41)(H,36,37,38)/b25-14+,33-24?. The van der Waals surface area contributed by atoms with E-state index < -0.39 is 0 Å². The van der Waals surface area contributed by atoms with Crippen LogP contribution in [0.25, 0.3) is 11.0 Å². The van der Waals surface area contributed by atoms with Gasteiger partial charge in [-0.15, -0.1) is 0 Å². The zero-order chi connectivity index (χ0) is 32.5. The fourth-order valence-electron chi connectivity index (χ4n) is 5.77. The van der Waals surface area contributed by atoms with Crippen LogP contribution in [0.15, 0.2) is 36.4 Å². The van der Waals surface area contributed by atoms with Crippen molar-refractivity contribution in [3.05, 3.63) is 47.6 Å². The summed E-state index contributed by atoms with van der Waals surface area (Å²) in [5.74, 6) is 1.01. The van der Waals surface area contributed by atoms with Gasteiger partial charge in [-0.3, -0.25) is 9.69 Å². The minimum Gasteiger partial charge on any atom is -0.385 e. The van der Waals surface area contributed by atoms with Crippen molar-refractivity contribution in [1.29, 1.82) is 5.41 Å². The molecule has 4 heterocycles. The highest BCUT2D eigenvalue weighted by molar-refractivity contribution is 6.00. The molecule has 240 valence electrons. The Morgan fingerprint density at radius 3 is 2.44 bits per heavy atom. The predicted octanol–water partition coefficient (Wildman–Crippen LogP) is 3.73. The lowest BCUT2D eigenvalue weighted by Crippen LogP contribution is -2.53. The number of hydrogen-bond donors (Lipinski definition) is 5. The molecule has 0 saturated carbocycles. The maximum absolute atomic E-state index is 13.0. The van der Waals surface area contributed by atoms with E-state index in [-0.39, 0.29) is 35.2 Å². The third-order valence-electron chi connectivity index (χ3n) is 8.33. The van der Waals surface area contributed by atoms with E-state index in [4.69, 9.17) is 26.6 Å². The van der Waals surface area contributed by atoms with Crippen molar-refractivity contribution in [2.75, 3.05) is 42.1 Å². The Kier molecular flexibility index (Phi) is 9.21. The molecule has 2 fully saturated rings. The molecule has 0 aliphatic carbocycles. The molecule has 2 aliphatic heterocycles. The van der Waals surface area contributed by atoms with Crippen molar-refractivity contribution in [3.8, 4) is 0 Å². The number of amides is 1. The summed E-state index contributed by atoms with van der Waals surface area (Å²) in [5, 5.41) is 14.2. The van der Waals surface area contributed by atoms with E-state index in [0.717, 1.165) is 44.6 Å². The van der Waals surface area contributed by atoms with Crippen LogP contribution in [0.5, 0.6) is 0 Å². The summed E-state index contributed by atoms with van der Waals surface area (Å²) in [7, 11) is 0. The maximum Gasteiger partial charge on any atom is 0.256 e. The van der Waals surface area contributed by atoms with Gasteiger partial charge in [0.2, 0.25) is 5.95 Å². The number of allylic oxidation sites excluding steroid dienone is 1. The lowest BCUT2D eigenvalue weighted by atomic mass is 9.90. The molecule has 13 nitrogen and oxygen atoms in total. The number of piperidine rings is 1. The number of aryl methyl sites for hydroxylation is 1. The number of hydrogen-bond acceptors (Lipinski definition) is 12. The maximum atomic E-state index is 13.0. The van der Waals surface area contributed by atoms with Crippen molar-refractivity contribution >= 4 is 45.9 Å². The topological polar surface area (TPSA) is 184 Å². The van der Waals surface area contributed by atoms with Crippen molar-refractivity contribution in [3.63, 3.8) is 0 Å². The van der Waals surface area contributed by atoms with E-state index in [2.05, 4.69) is 49.2 Å². The zero-order valence-electron chi connectivity index (χ0n) is 27.0. The molecule has 1 amide bonds. The first-order valence-corrected chi connectivity index (χ1v) is 15.5. The van der Waals surface area contributed by atoms with Gasteiger partial charge in [0.25, 0.3) is 5.91 Å². The van der Waals surface area contributed by atoms with Crippen LogP contribution in [0.4, 0.5) is 23.3 Å². The number of rotatable bonds is 7. The monoisotopic (exact) mass is 615 g/mol. The number of ether oxygens (including phenoxy) is 1. The smallest absolute Gasteiger partial charge is 0.256 e. The van der Waals surface area contributed by atoms with Crippen LogP contribution in [-0.4, -0.2) is 80.9 Å². The summed E-state index contributed by atoms with van der Waals surface area (Å²) < 4.78 is 5.93. The second kappa shape index (κ2) is 12.9. The second-order valence-electron chi connectivity index (χ2n) is 13.1. The first kappa shape index (κ1) is 32.0. The molecule has 2 aliphatic rings. The van der Waals surface area contributed by atoms with Gasteiger partial charge in [0.05, 0.1) is 12.2 Å². The third-order valence-corrected chi connectivity index (χ3v) is 8.33. The number of nitrogens with zero attached hydrogens (tertiary/aromatic N) is 6.